The maximum Gasteiger partial charge on any atom is 0.407 e. The van der Waals surface area contributed by atoms with Crippen LogP contribution in [0.4, 0.5) is 9.59 Å². The van der Waals surface area contributed by atoms with Gasteiger partial charge in [0.1, 0.15) is 17.7 Å². The van der Waals surface area contributed by atoms with Crippen LogP contribution >= 0.6 is 11.3 Å². The molecule has 42 heavy (non-hydrogen) atoms. The van der Waals surface area contributed by atoms with Gasteiger partial charge in [0.25, 0.3) is 0 Å². The van der Waals surface area contributed by atoms with Crippen molar-refractivity contribution < 1.29 is 28.6 Å². The fraction of sp³-hybridized carbons (Fsp3) is 0.517. The number of nitrogens with zero attached hydrogens (tertiary/aromatic N) is 4. The Bertz CT molecular complexity index is 1380. The molecule has 3 atom stereocenters. The number of hydrogen-bond acceptors (Lipinski definition) is 10. The predicted molar refractivity (Wildman–Crippen MR) is 156 cm³/mol. The Morgan fingerprint density at radius 1 is 0.976 bits per heavy atom. The average molecular weight is 599 g/mol. The Morgan fingerprint density at radius 3 is 2.36 bits per heavy atom. The van der Waals surface area contributed by atoms with E-state index in [0.717, 1.165) is 10.6 Å². The van der Waals surface area contributed by atoms with E-state index in [1.807, 2.05) is 24.3 Å². The first-order valence-corrected chi connectivity index (χ1v) is 14.6. The summed E-state index contributed by atoms with van der Waals surface area (Å²) in [6, 6.07) is 8.59. The lowest BCUT2D eigenvalue weighted by Crippen LogP contribution is -2.44. The maximum absolute atomic E-state index is 13.0. The van der Waals surface area contributed by atoms with Gasteiger partial charge in [-0.25, -0.2) is 14.3 Å². The highest BCUT2D eigenvalue weighted by Crippen LogP contribution is 2.28. The number of nitrogens with one attached hydrogen (secondary N) is 2. The van der Waals surface area contributed by atoms with Crippen LogP contribution in [0.3, 0.4) is 0 Å². The van der Waals surface area contributed by atoms with Crippen molar-refractivity contribution in [2.75, 3.05) is 0 Å². The molecule has 0 unspecified atom stereocenters. The van der Waals surface area contributed by atoms with Crippen molar-refractivity contribution >= 4 is 29.3 Å². The number of Topliss-reactive ketones (excluding diaryl/α,β-unsaturated/α-hetero) is 1. The van der Waals surface area contributed by atoms with Crippen LogP contribution in [-0.2, 0) is 27.4 Å². The molecular weight excluding hydrogens is 560 g/mol. The van der Waals surface area contributed by atoms with Gasteiger partial charge in [-0.15, -0.1) is 16.4 Å². The number of pyridine rings is 1. The van der Waals surface area contributed by atoms with E-state index in [4.69, 9.17) is 14.2 Å². The molecule has 1 aliphatic carbocycles. The van der Waals surface area contributed by atoms with Crippen molar-refractivity contribution in [1.82, 2.24) is 30.6 Å². The van der Waals surface area contributed by atoms with Crippen LogP contribution in [-0.4, -0.2) is 67.3 Å². The molecule has 1 aliphatic rings. The summed E-state index contributed by atoms with van der Waals surface area (Å²) in [5, 5.41) is 13.8. The second kappa shape index (κ2) is 13.0. The van der Waals surface area contributed by atoms with Crippen molar-refractivity contribution in [1.29, 1.82) is 0 Å². The first-order valence-electron chi connectivity index (χ1n) is 13.8. The summed E-state index contributed by atoms with van der Waals surface area (Å²) in [6.07, 6.45) is 2.56. The minimum absolute atomic E-state index is 0.00601. The molecule has 0 aromatic carbocycles. The molecule has 0 spiro atoms. The summed E-state index contributed by atoms with van der Waals surface area (Å²) in [5.74, 6) is -0.110. The first-order chi connectivity index (χ1) is 19.8. The number of carbonyl (C=O) groups is 3. The number of rotatable bonds is 9. The van der Waals surface area contributed by atoms with Gasteiger partial charge in [-0.3, -0.25) is 9.78 Å². The highest BCUT2D eigenvalue weighted by molar-refractivity contribution is 7.17. The Balaban J connectivity index is 1.39. The minimum Gasteiger partial charge on any atom is -0.444 e. The van der Waals surface area contributed by atoms with Crippen LogP contribution in [0, 0.1) is 0 Å². The van der Waals surface area contributed by atoms with Crippen LogP contribution < -0.4 is 10.6 Å². The fourth-order valence-corrected chi connectivity index (χ4v) is 5.36. The number of carbonyl (C=O) groups excluding carboxylic acids is 3. The monoisotopic (exact) mass is 598 g/mol. The van der Waals surface area contributed by atoms with Gasteiger partial charge in [-0.05, 0) is 78.6 Å². The minimum atomic E-state index is -0.668. The summed E-state index contributed by atoms with van der Waals surface area (Å²) < 4.78 is 18.5. The third-order valence-electron chi connectivity index (χ3n) is 6.16. The molecule has 0 radical (unpaired) electrons. The Hall–Kier alpha value is -3.84. The van der Waals surface area contributed by atoms with E-state index in [-0.39, 0.29) is 25.0 Å². The molecule has 12 nitrogen and oxygen atoms in total. The number of thiophene rings is 1. The lowest BCUT2D eigenvalue weighted by atomic mass is 10.2. The van der Waals surface area contributed by atoms with Gasteiger partial charge in [0, 0.05) is 12.2 Å². The van der Waals surface area contributed by atoms with Crippen LogP contribution in [0.2, 0.25) is 0 Å². The third-order valence-corrected chi connectivity index (χ3v) is 7.31. The van der Waals surface area contributed by atoms with Crippen LogP contribution in [0.15, 0.2) is 42.7 Å². The largest absolute Gasteiger partial charge is 0.444 e. The highest BCUT2D eigenvalue weighted by atomic mass is 32.1. The van der Waals surface area contributed by atoms with E-state index < -0.39 is 35.5 Å². The van der Waals surface area contributed by atoms with Crippen molar-refractivity contribution in [3.05, 3.63) is 53.3 Å². The summed E-state index contributed by atoms with van der Waals surface area (Å²) in [6.45, 7) is 10.8. The predicted octanol–water partition coefficient (Wildman–Crippen LogP) is 4.75. The van der Waals surface area contributed by atoms with Crippen molar-refractivity contribution in [3.63, 3.8) is 0 Å². The second-order valence-electron chi connectivity index (χ2n) is 12.1. The Labute approximate surface area is 249 Å². The summed E-state index contributed by atoms with van der Waals surface area (Å²) >= 11 is 1.37. The van der Waals surface area contributed by atoms with Crippen LogP contribution in [0.25, 0.3) is 10.6 Å². The zero-order valence-corrected chi connectivity index (χ0v) is 25.6. The molecule has 0 bridgehead atoms. The average Bonchev–Trinajstić information content (AvgIpc) is 3.61. The summed E-state index contributed by atoms with van der Waals surface area (Å²) in [4.78, 5) is 43.8. The number of aromatic nitrogens is 4. The van der Waals surface area contributed by atoms with Gasteiger partial charge in [-0.1, -0.05) is 11.3 Å². The molecule has 0 aliphatic heterocycles. The zero-order chi connectivity index (χ0) is 30.5. The smallest absolute Gasteiger partial charge is 0.407 e. The molecule has 3 aromatic rings. The van der Waals surface area contributed by atoms with Crippen LogP contribution in [0.1, 0.15) is 69.7 Å². The quantitative estimate of drug-likeness (QED) is 0.333. The number of amides is 2. The molecular formula is C29H38N6O6S. The third kappa shape index (κ3) is 9.08. The van der Waals surface area contributed by atoms with Gasteiger partial charge < -0.3 is 24.8 Å². The molecule has 1 saturated carbocycles. The molecule has 0 saturated heterocycles. The van der Waals surface area contributed by atoms with Gasteiger partial charge >= 0.3 is 12.2 Å². The van der Waals surface area contributed by atoms with Crippen LogP contribution in [0.5, 0.6) is 0 Å². The lowest BCUT2D eigenvalue weighted by Gasteiger charge is -2.24. The first kappa shape index (κ1) is 31.1. The van der Waals surface area contributed by atoms with E-state index >= 15 is 0 Å². The number of alkyl carbamates (subject to hydrolysis) is 2. The molecule has 1 fully saturated rings. The Morgan fingerprint density at radius 2 is 1.69 bits per heavy atom. The highest BCUT2D eigenvalue weighted by Gasteiger charge is 2.38. The molecule has 3 heterocycles. The topological polar surface area (TPSA) is 147 Å². The molecule has 2 amide bonds. The fourth-order valence-electron chi connectivity index (χ4n) is 4.45. The number of hydrogen-bond donors (Lipinski definition) is 2. The van der Waals surface area contributed by atoms with Crippen molar-refractivity contribution in [2.45, 2.75) is 96.9 Å². The normalized spacial score (nSPS) is 18.9. The van der Waals surface area contributed by atoms with Gasteiger partial charge in [0.2, 0.25) is 0 Å². The van der Waals surface area contributed by atoms with Gasteiger partial charge in [-0.2, -0.15) is 0 Å². The van der Waals surface area contributed by atoms with Gasteiger partial charge in [0.15, 0.2) is 5.78 Å². The van der Waals surface area contributed by atoms with E-state index in [2.05, 4.69) is 25.9 Å². The van der Waals surface area contributed by atoms with E-state index in [1.165, 1.54) is 16.0 Å². The van der Waals surface area contributed by atoms with E-state index in [0.29, 0.717) is 23.4 Å². The Kier molecular flexibility index (Phi) is 9.62. The lowest BCUT2D eigenvalue weighted by molar-refractivity contribution is 0.0132. The number of ether oxygens (including phenoxy) is 3. The zero-order valence-electron chi connectivity index (χ0n) is 24.7. The van der Waals surface area contributed by atoms with Crippen molar-refractivity contribution in [2.24, 2.45) is 0 Å². The van der Waals surface area contributed by atoms with Crippen molar-refractivity contribution in [3.8, 4) is 10.6 Å². The standard InChI is InChI=1S/C29H38N6O6S/c1-28(2,3)40-26(37)32-18-13-21(33-27(38)41-29(4,5)6)23(14-18)39-17-19-15-31-34-35(19)16-22(36)25-11-10-24(42-25)20-9-7-8-12-30-20/h7-12,15,18,21,23H,13-14,16-17H2,1-6H3,(H,32,37)(H,33,38)/t18-,21+,23+/m0/s1. The molecule has 13 heteroatoms. The van der Waals surface area contributed by atoms with Gasteiger partial charge in [0.05, 0.1) is 46.1 Å². The molecule has 2 N–H and O–H groups in total. The molecule has 226 valence electrons. The number of ketones is 1. The maximum atomic E-state index is 13.0. The molecule has 3 aromatic heterocycles. The summed E-state index contributed by atoms with van der Waals surface area (Å²) in [5.41, 5.74) is 0.101. The summed E-state index contributed by atoms with van der Waals surface area (Å²) in [7, 11) is 0. The second-order valence-corrected chi connectivity index (χ2v) is 13.2. The molecule has 4 rings (SSSR count). The van der Waals surface area contributed by atoms with E-state index in [1.54, 1.807) is 60.0 Å². The SMILES string of the molecule is CC(C)(C)OC(=O)N[C@H]1C[C@@H](NC(=O)OC(C)(C)C)[C@H](OCc2cnnn2CC(=O)c2ccc(-c3ccccn3)s2)C1. The van der Waals surface area contributed by atoms with E-state index in [9.17, 15) is 14.4 Å².